The van der Waals surface area contributed by atoms with Gasteiger partial charge in [0.15, 0.2) is 0 Å². The zero-order valence-corrected chi connectivity index (χ0v) is 10.8. The second-order valence-corrected chi connectivity index (χ2v) is 4.20. The van der Waals surface area contributed by atoms with E-state index in [4.69, 9.17) is 11.0 Å². The fraction of sp³-hybridized carbons (Fsp3) is 0.308. The average Bonchev–Trinajstić information content (AvgIpc) is 2.42. The number of alkyl halides is 3. The minimum Gasteiger partial charge on any atom is -0.368 e. The topological polar surface area (TPSA) is 96.0 Å². The maximum absolute atomic E-state index is 12.4. The minimum atomic E-state index is -4.49. The molecule has 0 aromatic heterocycles. The summed E-state index contributed by atoms with van der Waals surface area (Å²) in [6, 6.07) is 4.30. The Labute approximate surface area is 118 Å². The Morgan fingerprint density at radius 1 is 1.29 bits per heavy atom. The fourth-order valence-corrected chi connectivity index (χ4v) is 1.55. The molecule has 1 aromatic rings. The van der Waals surface area contributed by atoms with E-state index in [0.717, 1.165) is 24.3 Å². The molecular formula is C13H12F3N3O2. The smallest absolute Gasteiger partial charge is 0.368 e. The summed E-state index contributed by atoms with van der Waals surface area (Å²) in [5, 5.41) is 10.7. The minimum absolute atomic E-state index is 0.0148. The van der Waals surface area contributed by atoms with Gasteiger partial charge < -0.3 is 11.1 Å². The van der Waals surface area contributed by atoms with E-state index >= 15 is 0 Å². The highest BCUT2D eigenvalue weighted by molar-refractivity contribution is 5.97. The first kappa shape index (κ1) is 16.5. The SMILES string of the molecule is N#CCC[C@@H](NC(=O)c1ccc(C(F)(F)F)cc1)C(N)=O. The first-order valence-corrected chi connectivity index (χ1v) is 5.90. The quantitative estimate of drug-likeness (QED) is 0.864. The highest BCUT2D eigenvalue weighted by Gasteiger charge is 2.30. The van der Waals surface area contributed by atoms with Crippen LogP contribution < -0.4 is 11.1 Å². The summed E-state index contributed by atoms with van der Waals surface area (Å²) in [5.74, 6) is -1.55. The van der Waals surface area contributed by atoms with Gasteiger partial charge in [0.25, 0.3) is 5.91 Å². The summed E-state index contributed by atoms with van der Waals surface area (Å²) in [4.78, 5) is 22.9. The van der Waals surface area contributed by atoms with Crippen molar-refractivity contribution in [2.45, 2.75) is 25.1 Å². The lowest BCUT2D eigenvalue weighted by Crippen LogP contribution is -2.44. The Kier molecular flexibility index (Phi) is 5.30. The van der Waals surface area contributed by atoms with Gasteiger partial charge in [0.05, 0.1) is 11.6 Å². The molecule has 5 nitrogen and oxygen atoms in total. The summed E-state index contributed by atoms with van der Waals surface area (Å²) < 4.78 is 37.2. The second-order valence-electron chi connectivity index (χ2n) is 4.20. The molecule has 3 N–H and O–H groups in total. The van der Waals surface area contributed by atoms with E-state index in [9.17, 15) is 22.8 Å². The molecule has 0 bridgehead atoms. The number of hydrogen-bond donors (Lipinski definition) is 2. The Morgan fingerprint density at radius 2 is 1.86 bits per heavy atom. The first-order chi connectivity index (χ1) is 9.75. The molecular weight excluding hydrogens is 287 g/mol. The summed E-state index contributed by atoms with van der Waals surface area (Å²) in [7, 11) is 0. The lowest BCUT2D eigenvalue weighted by molar-refractivity contribution is -0.137. The van der Waals surface area contributed by atoms with Crippen LogP contribution in [0.1, 0.15) is 28.8 Å². The number of nitriles is 1. The maximum Gasteiger partial charge on any atom is 0.416 e. The Morgan fingerprint density at radius 3 is 2.29 bits per heavy atom. The largest absolute Gasteiger partial charge is 0.416 e. The molecule has 0 saturated heterocycles. The monoisotopic (exact) mass is 299 g/mol. The molecule has 0 radical (unpaired) electrons. The van der Waals surface area contributed by atoms with Crippen LogP contribution in [0, 0.1) is 11.3 Å². The summed E-state index contributed by atoms with van der Waals surface area (Å²) >= 11 is 0. The van der Waals surface area contributed by atoms with Gasteiger partial charge in [-0.2, -0.15) is 18.4 Å². The molecule has 0 heterocycles. The molecule has 112 valence electrons. The van der Waals surface area contributed by atoms with Crippen LogP contribution in [-0.4, -0.2) is 17.9 Å². The van der Waals surface area contributed by atoms with E-state index in [1.54, 1.807) is 6.07 Å². The van der Waals surface area contributed by atoms with E-state index in [1.807, 2.05) is 0 Å². The number of hydrogen-bond acceptors (Lipinski definition) is 3. The number of carbonyl (C=O) groups excluding carboxylic acids is 2. The summed E-state index contributed by atoms with van der Waals surface area (Å²) in [5.41, 5.74) is 4.16. The lowest BCUT2D eigenvalue weighted by Gasteiger charge is -2.14. The third kappa shape index (κ3) is 4.80. The van der Waals surface area contributed by atoms with Crippen LogP contribution in [0.4, 0.5) is 13.2 Å². The Bertz CT molecular complexity index is 562. The molecule has 1 aromatic carbocycles. The van der Waals surface area contributed by atoms with Crippen LogP contribution >= 0.6 is 0 Å². The van der Waals surface area contributed by atoms with Crippen molar-refractivity contribution in [1.29, 1.82) is 5.26 Å². The molecule has 0 spiro atoms. The van der Waals surface area contributed by atoms with Crippen LogP contribution in [0.3, 0.4) is 0 Å². The maximum atomic E-state index is 12.4. The molecule has 0 fully saturated rings. The Hall–Kier alpha value is -2.56. The van der Waals surface area contributed by atoms with Gasteiger partial charge in [0.1, 0.15) is 6.04 Å². The van der Waals surface area contributed by atoms with Crippen LogP contribution in [0.5, 0.6) is 0 Å². The first-order valence-electron chi connectivity index (χ1n) is 5.90. The van der Waals surface area contributed by atoms with E-state index in [-0.39, 0.29) is 18.4 Å². The van der Waals surface area contributed by atoms with Crippen molar-refractivity contribution in [2.75, 3.05) is 0 Å². The number of primary amides is 1. The number of amides is 2. The van der Waals surface area contributed by atoms with Crippen molar-refractivity contribution in [3.63, 3.8) is 0 Å². The van der Waals surface area contributed by atoms with Gasteiger partial charge >= 0.3 is 6.18 Å². The van der Waals surface area contributed by atoms with Crippen LogP contribution in [-0.2, 0) is 11.0 Å². The van der Waals surface area contributed by atoms with Crippen molar-refractivity contribution in [3.05, 3.63) is 35.4 Å². The molecule has 0 aliphatic carbocycles. The lowest BCUT2D eigenvalue weighted by atomic mass is 10.1. The van der Waals surface area contributed by atoms with E-state index in [2.05, 4.69) is 5.32 Å². The number of rotatable bonds is 5. The number of nitrogens with two attached hydrogens (primary N) is 1. The number of carbonyl (C=O) groups is 2. The summed E-state index contributed by atoms with van der Waals surface area (Å²) in [6.45, 7) is 0. The van der Waals surface area contributed by atoms with E-state index in [1.165, 1.54) is 0 Å². The fourth-order valence-electron chi connectivity index (χ4n) is 1.55. The van der Waals surface area contributed by atoms with Gasteiger partial charge in [0.2, 0.25) is 5.91 Å². The predicted molar refractivity (Wildman–Crippen MR) is 66.7 cm³/mol. The molecule has 0 saturated carbocycles. The van der Waals surface area contributed by atoms with Crippen molar-refractivity contribution in [3.8, 4) is 6.07 Å². The van der Waals surface area contributed by atoms with E-state index < -0.39 is 29.6 Å². The van der Waals surface area contributed by atoms with Gasteiger partial charge in [-0.05, 0) is 30.7 Å². The van der Waals surface area contributed by atoms with Crippen molar-refractivity contribution in [2.24, 2.45) is 5.73 Å². The highest BCUT2D eigenvalue weighted by atomic mass is 19.4. The number of nitrogens with zero attached hydrogens (tertiary/aromatic N) is 1. The molecule has 21 heavy (non-hydrogen) atoms. The highest BCUT2D eigenvalue weighted by Crippen LogP contribution is 2.29. The molecule has 1 atom stereocenters. The van der Waals surface area contributed by atoms with Crippen molar-refractivity contribution >= 4 is 11.8 Å². The molecule has 0 aliphatic rings. The third-order valence-electron chi connectivity index (χ3n) is 2.67. The molecule has 2 amide bonds. The predicted octanol–water partition coefficient (Wildman–Crippen LogP) is 1.59. The Balaban J connectivity index is 2.79. The molecule has 0 unspecified atom stereocenters. The second kappa shape index (κ2) is 6.74. The number of nitrogens with one attached hydrogen (secondary N) is 1. The van der Waals surface area contributed by atoms with Gasteiger partial charge in [-0.15, -0.1) is 0 Å². The number of halogens is 3. The normalized spacial score (nSPS) is 12.3. The van der Waals surface area contributed by atoms with Crippen LogP contribution in [0.2, 0.25) is 0 Å². The van der Waals surface area contributed by atoms with Crippen molar-refractivity contribution in [1.82, 2.24) is 5.32 Å². The van der Waals surface area contributed by atoms with Gasteiger partial charge in [-0.25, -0.2) is 0 Å². The molecule has 1 rings (SSSR count). The molecule has 0 aliphatic heterocycles. The summed E-state index contributed by atoms with van der Waals surface area (Å²) in [6.07, 6.45) is -4.43. The zero-order valence-electron chi connectivity index (χ0n) is 10.8. The van der Waals surface area contributed by atoms with E-state index in [0.29, 0.717) is 0 Å². The van der Waals surface area contributed by atoms with Gasteiger partial charge in [0, 0.05) is 12.0 Å². The van der Waals surface area contributed by atoms with Gasteiger partial charge in [-0.1, -0.05) is 0 Å². The van der Waals surface area contributed by atoms with Crippen molar-refractivity contribution < 1.29 is 22.8 Å². The zero-order chi connectivity index (χ0) is 16.0. The number of benzene rings is 1. The van der Waals surface area contributed by atoms with Gasteiger partial charge in [-0.3, -0.25) is 9.59 Å². The average molecular weight is 299 g/mol. The standard InChI is InChI=1S/C13H12F3N3O2/c14-13(15,16)9-5-3-8(4-6-9)12(21)19-10(11(18)20)2-1-7-17/h3-6,10H,1-2H2,(H2,18,20)(H,19,21)/t10-/m1/s1. The van der Waals surface area contributed by atoms with Crippen LogP contribution in [0.15, 0.2) is 24.3 Å². The third-order valence-corrected chi connectivity index (χ3v) is 2.67. The van der Waals surface area contributed by atoms with Crippen LogP contribution in [0.25, 0.3) is 0 Å². The molecule has 8 heteroatoms.